The molecule has 1 aliphatic carbocycles. The molecule has 0 bridgehead atoms. The number of carbonyl (C=O) groups excluding carboxylic acids is 1. The number of carbonyl (C=O) groups is 1. The highest BCUT2D eigenvalue weighted by atomic mass is 19.4. The quantitative estimate of drug-likeness (QED) is 0.794. The van der Waals surface area contributed by atoms with Crippen molar-refractivity contribution in [2.75, 3.05) is 5.32 Å². The van der Waals surface area contributed by atoms with Crippen LogP contribution in [-0.2, 0) is 11.0 Å². The lowest BCUT2D eigenvalue weighted by molar-refractivity contribution is -0.137. The maximum absolute atomic E-state index is 13.2. The first-order valence-corrected chi connectivity index (χ1v) is 7.50. The predicted octanol–water partition coefficient (Wildman–Crippen LogP) is 4.90. The Balaban J connectivity index is 1.66. The van der Waals surface area contributed by atoms with Gasteiger partial charge in [-0.05, 0) is 54.7 Å². The Bertz CT molecular complexity index is 768. The van der Waals surface area contributed by atoms with E-state index < -0.39 is 17.6 Å². The van der Waals surface area contributed by atoms with Crippen LogP contribution in [0, 0.1) is 18.7 Å². The van der Waals surface area contributed by atoms with E-state index in [9.17, 15) is 22.4 Å². The first kappa shape index (κ1) is 16.5. The van der Waals surface area contributed by atoms with Gasteiger partial charge in [-0.2, -0.15) is 13.2 Å². The van der Waals surface area contributed by atoms with Gasteiger partial charge in [0.2, 0.25) is 5.91 Å². The number of halogens is 4. The summed E-state index contributed by atoms with van der Waals surface area (Å²) in [5.74, 6) is -1.08. The van der Waals surface area contributed by atoms with E-state index in [2.05, 4.69) is 5.32 Å². The van der Waals surface area contributed by atoms with Crippen LogP contribution in [0.4, 0.5) is 23.2 Å². The molecule has 2 aromatic rings. The summed E-state index contributed by atoms with van der Waals surface area (Å²) < 4.78 is 50.9. The van der Waals surface area contributed by atoms with E-state index in [1.807, 2.05) is 0 Å². The van der Waals surface area contributed by atoms with Crippen molar-refractivity contribution in [2.24, 2.45) is 5.92 Å². The molecule has 2 unspecified atom stereocenters. The van der Waals surface area contributed by atoms with Crippen LogP contribution < -0.4 is 5.32 Å². The lowest BCUT2D eigenvalue weighted by atomic mass is 10.1. The molecule has 2 atom stereocenters. The van der Waals surface area contributed by atoms with Crippen LogP contribution in [0.5, 0.6) is 0 Å². The van der Waals surface area contributed by atoms with Crippen molar-refractivity contribution in [3.8, 4) is 0 Å². The Labute approximate surface area is 136 Å². The SMILES string of the molecule is Cc1ccc(F)cc1NC(=O)C1CC1c1ccc(C(F)(F)F)cc1. The molecular weight excluding hydrogens is 322 g/mol. The van der Waals surface area contributed by atoms with Crippen LogP contribution >= 0.6 is 0 Å². The molecule has 24 heavy (non-hydrogen) atoms. The van der Waals surface area contributed by atoms with Crippen LogP contribution in [0.3, 0.4) is 0 Å². The number of nitrogens with one attached hydrogen (secondary N) is 1. The van der Waals surface area contributed by atoms with Crippen molar-refractivity contribution in [1.29, 1.82) is 0 Å². The highest BCUT2D eigenvalue weighted by Gasteiger charge is 2.44. The Morgan fingerprint density at radius 3 is 2.42 bits per heavy atom. The fourth-order valence-electron chi connectivity index (χ4n) is 2.73. The van der Waals surface area contributed by atoms with Crippen molar-refractivity contribution in [3.63, 3.8) is 0 Å². The van der Waals surface area contributed by atoms with E-state index >= 15 is 0 Å². The molecule has 3 rings (SSSR count). The second-order valence-corrected chi connectivity index (χ2v) is 6.02. The van der Waals surface area contributed by atoms with Gasteiger partial charge in [0.25, 0.3) is 0 Å². The molecule has 0 saturated heterocycles. The first-order valence-electron chi connectivity index (χ1n) is 7.50. The van der Waals surface area contributed by atoms with E-state index in [-0.39, 0.29) is 17.7 Å². The minimum absolute atomic E-state index is 0.0962. The Kier molecular flexibility index (Phi) is 4.07. The molecule has 1 saturated carbocycles. The van der Waals surface area contributed by atoms with Crippen molar-refractivity contribution >= 4 is 11.6 Å². The zero-order chi connectivity index (χ0) is 17.5. The number of alkyl halides is 3. The van der Waals surface area contributed by atoms with Crippen LogP contribution in [0.2, 0.25) is 0 Å². The monoisotopic (exact) mass is 337 g/mol. The second-order valence-electron chi connectivity index (χ2n) is 6.02. The largest absolute Gasteiger partial charge is 0.416 e. The number of aryl methyl sites for hydroxylation is 1. The lowest BCUT2D eigenvalue weighted by Crippen LogP contribution is -2.15. The molecule has 1 fully saturated rings. The van der Waals surface area contributed by atoms with Gasteiger partial charge in [0.15, 0.2) is 0 Å². The number of anilines is 1. The molecule has 126 valence electrons. The zero-order valence-corrected chi connectivity index (χ0v) is 12.8. The third-order valence-electron chi connectivity index (χ3n) is 4.25. The van der Waals surface area contributed by atoms with Gasteiger partial charge in [0.05, 0.1) is 5.56 Å². The minimum atomic E-state index is -4.37. The van der Waals surface area contributed by atoms with E-state index in [0.717, 1.165) is 17.7 Å². The summed E-state index contributed by atoms with van der Waals surface area (Å²) >= 11 is 0. The second kappa shape index (κ2) is 5.92. The minimum Gasteiger partial charge on any atom is -0.325 e. The van der Waals surface area contributed by atoms with Crippen molar-refractivity contribution in [3.05, 3.63) is 65.0 Å². The van der Waals surface area contributed by atoms with Gasteiger partial charge in [0, 0.05) is 11.6 Å². The maximum Gasteiger partial charge on any atom is 0.416 e. The number of amides is 1. The molecule has 0 radical (unpaired) electrons. The average molecular weight is 337 g/mol. The fourth-order valence-corrected chi connectivity index (χ4v) is 2.73. The lowest BCUT2D eigenvalue weighted by Gasteiger charge is -2.09. The fraction of sp³-hybridized carbons (Fsp3) is 0.278. The van der Waals surface area contributed by atoms with Gasteiger partial charge in [-0.15, -0.1) is 0 Å². The van der Waals surface area contributed by atoms with Gasteiger partial charge in [-0.1, -0.05) is 18.2 Å². The molecule has 1 aliphatic rings. The van der Waals surface area contributed by atoms with Gasteiger partial charge < -0.3 is 5.32 Å². The molecule has 1 amide bonds. The molecule has 2 nitrogen and oxygen atoms in total. The molecule has 0 spiro atoms. The maximum atomic E-state index is 13.2. The summed E-state index contributed by atoms with van der Waals surface area (Å²) in [6, 6.07) is 9.02. The van der Waals surface area contributed by atoms with Crippen molar-refractivity contribution in [1.82, 2.24) is 0 Å². The topological polar surface area (TPSA) is 29.1 Å². The van der Waals surface area contributed by atoms with Crippen LogP contribution in [0.25, 0.3) is 0 Å². The molecule has 2 aromatic carbocycles. The molecule has 0 aliphatic heterocycles. The summed E-state index contributed by atoms with van der Waals surface area (Å²) in [5, 5.41) is 2.69. The van der Waals surface area contributed by atoms with Crippen LogP contribution in [-0.4, -0.2) is 5.91 Å². The van der Waals surface area contributed by atoms with E-state index in [4.69, 9.17) is 0 Å². The Morgan fingerprint density at radius 1 is 1.12 bits per heavy atom. The average Bonchev–Trinajstić information content (AvgIpc) is 3.31. The van der Waals surface area contributed by atoms with Crippen LogP contribution in [0.1, 0.15) is 29.0 Å². The Hall–Kier alpha value is -2.37. The number of rotatable bonds is 3. The molecule has 0 aromatic heterocycles. The Morgan fingerprint density at radius 2 is 1.79 bits per heavy atom. The van der Waals surface area contributed by atoms with E-state index in [0.29, 0.717) is 17.7 Å². The standard InChI is InChI=1S/C18H15F4NO/c1-10-2-7-13(19)8-16(10)23-17(24)15-9-14(15)11-3-5-12(6-4-11)18(20,21)22/h2-8,14-15H,9H2,1H3,(H,23,24). The normalized spacial score (nSPS) is 19.9. The summed E-state index contributed by atoms with van der Waals surface area (Å²) in [6.07, 6.45) is -3.79. The third kappa shape index (κ3) is 3.42. The highest BCUT2D eigenvalue weighted by Crippen LogP contribution is 2.48. The zero-order valence-electron chi connectivity index (χ0n) is 12.8. The number of hydrogen-bond donors (Lipinski definition) is 1. The van der Waals surface area contributed by atoms with Gasteiger partial charge >= 0.3 is 6.18 Å². The molecular formula is C18H15F4NO. The highest BCUT2D eigenvalue weighted by molar-refractivity contribution is 5.95. The molecule has 0 heterocycles. The van der Waals surface area contributed by atoms with Gasteiger partial charge in [-0.25, -0.2) is 4.39 Å². The smallest absolute Gasteiger partial charge is 0.325 e. The molecule has 1 N–H and O–H groups in total. The van der Waals surface area contributed by atoms with Crippen molar-refractivity contribution < 1.29 is 22.4 Å². The summed E-state index contributed by atoms with van der Waals surface area (Å²) in [4.78, 5) is 12.2. The van der Waals surface area contributed by atoms with Crippen molar-refractivity contribution in [2.45, 2.75) is 25.4 Å². The van der Waals surface area contributed by atoms with E-state index in [1.54, 1.807) is 13.0 Å². The summed E-state index contributed by atoms with van der Waals surface area (Å²) in [5.41, 5.74) is 1.16. The van der Waals surface area contributed by atoms with Gasteiger partial charge in [0.1, 0.15) is 5.82 Å². The summed E-state index contributed by atoms with van der Waals surface area (Å²) in [7, 11) is 0. The molecule has 6 heteroatoms. The summed E-state index contributed by atoms with van der Waals surface area (Å²) in [6.45, 7) is 1.76. The number of benzene rings is 2. The van der Waals surface area contributed by atoms with E-state index in [1.165, 1.54) is 24.3 Å². The van der Waals surface area contributed by atoms with Gasteiger partial charge in [-0.3, -0.25) is 4.79 Å². The van der Waals surface area contributed by atoms with Crippen LogP contribution in [0.15, 0.2) is 42.5 Å². The predicted molar refractivity (Wildman–Crippen MR) is 82.1 cm³/mol. The first-order chi connectivity index (χ1) is 11.3. The third-order valence-corrected chi connectivity index (χ3v) is 4.25. The number of hydrogen-bond acceptors (Lipinski definition) is 1.